The van der Waals surface area contributed by atoms with Crippen molar-refractivity contribution in [1.29, 1.82) is 0 Å². The number of aromatic nitrogens is 1. The lowest BCUT2D eigenvalue weighted by Crippen LogP contribution is -2.41. The van der Waals surface area contributed by atoms with Crippen LogP contribution in [-0.2, 0) is 14.3 Å². The van der Waals surface area contributed by atoms with Gasteiger partial charge in [0.15, 0.2) is 0 Å². The number of nitrogens with zero attached hydrogens (tertiary/aromatic N) is 2. The molecule has 0 unspecified atom stereocenters. The summed E-state index contributed by atoms with van der Waals surface area (Å²) < 4.78 is 21.3. The molecule has 0 bridgehead atoms. The summed E-state index contributed by atoms with van der Waals surface area (Å²) in [5.74, 6) is -1.94. The van der Waals surface area contributed by atoms with Crippen molar-refractivity contribution in [3.63, 3.8) is 0 Å². The monoisotopic (exact) mass is 386 g/mol. The quantitative estimate of drug-likeness (QED) is 0.468. The highest BCUT2D eigenvalue weighted by Crippen LogP contribution is 2.21. The van der Waals surface area contributed by atoms with E-state index in [1.807, 2.05) is 19.9 Å². The van der Waals surface area contributed by atoms with Crippen molar-refractivity contribution in [3.8, 4) is 5.69 Å². The molecule has 1 aliphatic heterocycles. The third kappa shape index (κ3) is 4.45. The summed E-state index contributed by atoms with van der Waals surface area (Å²) in [6.07, 6.45) is 3.23. The first kappa shape index (κ1) is 19.8. The largest absolute Gasteiger partial charge is 0.376 e. The predicted octanol–water partition coefficient (Wildman–Crippen LogP) is 1.98. The van der Waals surface area contributed by atoms with Gasteiger partial charge < -0.3 is 14.6 Å². The van der Waals surface area contributed by atoms with Crippen molar-refractivity contribution in [2.24, 2.45) is 5.10 Å². The predicted molar refractivity (Wildman–Crippen MR) is 103 cm³/mol. The van der Waals surface area contributed by atoms with Crippen molar-refractivity contribution >= 4 is 18.0 Å². The van der Waals surface area contributed by atoms with Crippen molar-refractivity contribution in [3.05, 3.63) is 53.1 Å². The van der Waals surface area contributed by atoms with Gasteiger partial charge in [-0.15, -0.1) is 0 Å². The first-order valence-corrected chi connectivity index (χ1v) is 9.14. The van der Waals surface area contributed by atoms with Crippen molar-refractivity contribution in [2.75, 3.05) is 13.2 Å². The molecule has 0 radical (unpaired) electrons. The van der Waals surface area contributed by atoms with E-state index in [4.69, 9.17) is 4.74 Å². The first-order chi connectivity index (χ1) is 13.5. The molecule has 8 heteroatoms. The van der Waals surface area contributed by atoms with Crippen molar-refractivity contribution < 1.29 is 18.7 Å². The molecule has 0 saturated carbocycles. The topological polar surface area (TPSA) is 84.7 Å². The highest BCUT2D eigenvalue weighted by molar-refractivity contribution is 6.35. The Morgan fingerprint density at radius 3 is 2.82 bits per heavy atom. The van der Waals surface area contributed by atoms with Crippen LogP contribution in [0.4, 0.5) is 4.39 Å². The Morgan fingerprint density at radius 2 is 2.11 bits per heavy atom. The zero-order chi connectivity index (χ0) is 20.1. The molecule has 148 valence electrons. The van der Waals surface area contributed by atoms with Gasteiger partial charge >= 0.3 is 11.8 Å². The van der Waals surface area contributed by atoms with Crippen LogP contribution in [0.5, 0.6) is 0 Å². The third-order valence-corrected chi connectivity index (χ3v) is 4.65. The van der Waals surface area contributed by atoms with Crippen LogP contribution >= 0.6 is 0 Å². The summed E-state index contributed by atoms with van der Waals surface area (Å²) in [6, 6.07) is 8.32. The Balaban J connectivity index is 1.61. The summed E-state index contributed by atoms with van der Waals surface area (Å²) in [7, 11) is 0. The van der Waals surface area contributed by atoms with E-state index < -0.39 is 11.8 Å². The number of halogens is 1. The molecule has 1 aromatic heterocycles. The minimum atomic E-state index is -0.850. The van der Waals surface area contributed by atoms with Crippen LogP contribution in [0.3, 0.4) is 0 Å². The molecule has 1 saturated heterocycles. The lowest BCUT2D eigenvalue weighted by atomic mass is 10.2. The van der Waals surface area contributed by atoms with E-state index in [0.717, 1.165) is 24.2 Å². The molecule has 0 aliphatic carbocycles. The number of carbonyl (C=O) groups is 2. The third-order valence-electron chi connectivity index (χ3n) is 4.65. The molecule has 1 aliphatic rings. The van der Waals surface area contributed by atoms with E-state index in [0.29, 0.717) is 24.4 Å². The smallest absolute Gasteiger partial charge is 0.329 e. The van der Waals surface area contributed by atoms with Crippen LogP contribution in [-0.4, -0.2) is 41.9 Å². The van der Waals surface area contributed by atoms with Gasteiger partial charge in [-0.1, -0.05) is 12.1 Å². The van der Waals surface area contributed by atoms with Gasteiger partial charge in [0.25, 0.3) is 0 Å². The van der Waals surface area contributed by atoms with Crippen LogP contribution in [0.1, 0.15) is 29.8 Å². The summed E-state index contributed by atoms with van der Waals surface area (Å²) in [6.45, 7) is 4.67. The van der Waals surface area contributed by atoms with Crippen LogP contribution in [0, 0.1) is 19.7 Å². The maximum Gasteiger partial charge on any atom is 0.329 e. The second-order valence-corrected chi connectivity index (χ2v) is 6.66. The Morgan fingerprint density at radius 1 is 1.32 bits per heavy atom. The van der Waals surface area contributed by atoms with E-state index in [2.05, 4.69) is 15.8 Å². The highest BCUT2D eigenvalue weighted by atomic mass is 19.1. The summed E-state index contributed by atoms with van der Waals surface area (Å²) in [5, 5.41) is 6.38. The lowest BCUT2D eigenvalue weighted by molar-refractivity contribution is -0.139. The number of hydrogen-bond acceptors (Lipinski definition) is 4. The van der Waals surface area contributed by atoms with Gasteiger partial charge in [0.05, 0.1) is 18.0 Å². The average molecular weight is 386 g/mol. The van der Waals surface area contributed by atoms with Gasteiger partial charge in [0.1, 0.15) is 5.82 Å². The van der Waals surface area contributed by atoms with E-state index in [-0.39, 0.29) is 11.9 Å². The van der Waals surface area contributed by atoms with Crippen LogP contribution < -0.4 is 10.7 Å². The molecule has 1 fully saturated rings. The Kier molecular flexibility index (Phi) is 6.20. The Bertz CT molecular complexity index is 901. The number of hydrogen-bond donors (Lipinski definition) is 2. The molecule has 3 rings (SSSR count). The number of carbonyl (C=O) groups excluding carboxylic acids is 2. The summed E-state index contributed by atoms with van der Waals surface area (Å²) in [4.78, 5) is 23.6. The van der Waals surface area contributed by atoms with Crippen LogP contribution in [0.15, 0.2) is 35.4 Å². The second kappa shape index (κ2) is 8.79. The lowest BCUT2D eigenvalue weighted by Gasteiger charge is -2.10. The number of para-hydroxylation sites is 1. The molecule has 2 N–H and O–H groups in total. The fourth-order valence-electron chi connectivity index (χ4n) is 3.23. The number of benzene rings is 1. The first-order valence-electron chi connectivity index (χ1n) is 9.14. The number of nitrogens with one attached hydrogen (secondary N) is 2. The number of amides is 2. The van der Waals surface area contributed by atoms with E-state index in [9.17, 15) is 14.0 Å². The molecule has 2 heterocycles. The van der Waals surface area contributed by atoms with Gasteiger partial charge in [-0.25, -0.2) is 9.82 Å². The molecular formula is C20H23FN4O3. The maximum atomic E-state index is 14.1. The molecule has 2 aromatic rings. The van der Waals surface area contributed by atoms with Gasteiger partial charge in [-0.2, -0.15) is 5.10 Å². The molecule has 2 amide bonds. The highest BCUT2D eigenvalue weighted by Gasteiger charge is 2.19. The van der Waals surface area contributed by atoms with Gasteiger partial charge in [0, 0.05) is 30.1 Å². The Labute approximate surface area is 162 Å². The van der Waals surface area contributed by atoms with Gasteiger partial charge in [0.2, 0.25) is 0 Å². The summed E-state index contributed by atoms with van der Waals surface area (Å²) >= 11 is 0. The molecule has 1 atom stereocenters. The molecule has 1 aromatic carbocycles. The molecule has 7 nitrogen and oxygen atoms in total. The molecule has 0 spiro atoms. The van der Waals surface area contributed by atoms with Gasteiger partial charge in [-0.3, -0.25) is 9.59 Å². The number of aryl methyl sites for hydroxylation is 1. The average Bonchev–Trinajstić information content (AvgIpc) is 3.29. The summed E-state index contributed by atoms with van der Waals surface area (Å²) in [5.41, 5.74) is 4.95. The van der Waals surface area contributed by atoms with E-state index in [1.54, 1.807) is 22.8 Å². The molecule has 28 heavy (non-hydrogen) atoms. The van der Waals surface area contributed by atoms with Crippen LogP contribution in [0.25, 0.3) is 5.69 Å². The Hall–Kier alpha value is -3.00. The van der Waals surface area contributed by atoms with Crippen molar-refractivity contribution in [1.82, 2.24) is 15.3 Å². The van der Waals surface area contributed by atoms with Gasteiger partial charge in [-0.05, 0) is 44.9 Å². The zero-order valence-electron chi connectivity index (χ0n) is 15.9. The minimum Gasteiger partial charge on any atom is -0.376 e. The fourth-order valence-corrected chi connectivity index (χ4v) is 3.23. The van der Waals surface area contributed by atoms with Crippen LogP contribution in [0.2, 0.25) is 0 Å². The maximum absolute atomic E-state index is 14.1. The SMILES string of the molecule is Cc1cc(/C=N\NC(=O)C(=O)NC[C@@H]2CCCO2)c(C)n1-c1ccccc1F. The van der Waals surface area contributed by atoms with Crippen molar-refractivity contribution in [2.45, 2.75) is 32.8 Å². The minimum absolute atomic E-state index is 0.0379. The standard InChI is InChI=1S/C20H23FN4O3/c1-13-10-15(14(2)25(13)18-8-4-3-7-17(18)21)11-23-24-20(27)19(26)22-12-16-6-5-9-28-16/h3-4,7-8,10-11,16H,5-6,9,12H2,1-2H3,(H,22,26)(H,24,27)/b23-11-/t16-/m0/s1. The number of ether oxygens (including phenoxy) is 1. The normalized spacial score (nSPS) is 16.5. The zero-order valence-corrected chi connectivity index (χ0v) is 15.9. The fraction of sp³-hybridized carbons (Fsp3) is 0.350. The number of hydrazone groups is 1. The number of rotatable bonds is 5. The molecular weight excluding hydrogens is 363 g/mol. The van der Waals surface area contributed by atoms with E-state index in [1.165, 1.54) is 12.3 Å². The second-order valence-electron chi connectivity index (χ2n) is 6.66. The van der Waals surface area contributed by atoms with E-state index >= 15 is 0 Å².